The predicted molar refractivity (Wildman–Crippen MR) is 93.3 cm³/mol. The Hall–Kier alpha value is -3.15. The monoisotopic (exact) mass is 337 g/mol. The molecule has 0 saturated carbocycles. The lowest BCUT2D eigenvalue weighted by Gasteiger charge is -2.14. The zero-order valence-corrected chi connectivity index (χ0v) is 14.4. The van der Waals surface area contributed by atoms with Crippen LogP contribution >= 0.6 is 0 Å². The summed E-state index contributed by atoms with van der Waals surface area (Å²) in [7, 11) is 3.29. The summed E-state index contributed by atoms with van der Waals surface area (Å²) in [4.78, 5) is 18.4. The van der Waals surface area contributed by atoms with E-state index in [0.717, 1.165) is 11.1 Å². The fourth-order valence-corrected chi connectivity index (χ4v) is 2.45. The number of aryl methyl sites for hydroxylation is 1. The third kappa shape index (κ3) is 3.85. The van der Waals surface area contributed by atoms with Gasteiger partial charge in [0.15, 0.2) is 0 Å². The number of aromatic nitrogens is 2. The van der Waals surface area contributed by atoms with Crippen LogP contribution < -0.4 is 4.74 Å². The molecule has 1 heterocycles. The molecule has 128 valence electrons. The maximum Gasteiger partial charge on any atom is 0.254 e. The topological polar surface area (TPSA) is 68.5 Å². The van der Waals surface area contributed by atoms with Crippen molar-refractivity contribution >= 4 is 5.91 Å². The Kier molecular flexibility index (Phi) is 4.79. The molecular formula is C19H19N3O3. The number of benzene rings is 2. The lowest BCUT2D eigenvalue weighted by atomic mass is 10.1. The van der Waals surface area contributed by atoms with Gasteiger partial charge in [0.1, 0.15) is 5.75 Å². The van der Waals surface area contributed by atoms with Crippen molar-refractivity contribution in [2.75, 3.05) is 14.2 Å². The van der Waals surface area contributed by atoms with E-state index in [1.54, 1.807) is 38.4 Å². The zero-order valence-electron chi connectivity index (χ0n) is 14.4. The number of amides is 1. The van der Waals surface area contributed by atoms with Gasteiger partial charge < -0.3 is 14.2 Å². The molecule has 0 unspecified atom stereocenters. The molecular weight excluding hydrogens is 318 g/mol. The molecule has 0 aliphatic rings. The van der Waals surface area contributed by atoms with E-state index < -0.39 is 0 Å². The number of carbonyl (C=O) groups excluding carboxylic acids is 1. The molecule has 1 amide bonds. The fraction of sp³-hybridized carbons (Fsp3) is 0.211. The second-order valence-corrected chi connectivity index (χ2v) is 5.77. The van der Waals surface area contributed by atoms with Crippen molar-refractivity contribution in [3.05, 3.63) is 65.5 Å². The average Bonchev–Trinajstić information content (AvgIpc) is 3.09. The first-order valence-electron chi connectivity index (χ1n) is 7.86. The lowest BCUT2D eigenvalue weighted by Crippen LogP contribution is -2.26. The van der Waals surface area contributed by atoms with Gasteiger partial charge in [0.05, 0.1) is 13.7 Å². The highest BCUT2D eigenvalue weighted by atomic mass is 16.5. The summed E-state index contributed by atoms with van der Waals surface area (Å²) in [5.74, 6) is 1.49. The molecule has 0 fully saturated rings. The number of ether oxygens (including phenoxy) is 1. The summed E-state index contributed by atoms with van der Waals surface area (Å²) in [5, 5.41) is 3.99. The molecule has 0 radical (unpaired) electrons. The number of rotatable bonds is 5. The SMILES string of the molecule is COc1ccc(C(=O)N(C)Cc2nc(-c3cccc(C)c3)no2)cc1. The van der Waals surface area contributed by atoms with Gasteiger partial charge in [-0.25, -0.2) is 0 Å². The van der Waals surface area contributed by atoms with Gasteiger partial charge in [-0.1, -0.05) is 28.9 Å². The van der Waals surface area contributed by atoms with Crippen LogP contribution in [0, 0.1) is 6.92 Å². The molecule has 6 nitrogen and oxygen atoms in total. The van der Waals surface area contributed by atoms with Crippen LogP contribution in [0.4, 0.5) is 0 Å². The van der Waals surface area contributed by atoms with Gasteiger partial charge >= 0.3 is 0 Å². The van der Waals surface area contributed by atoms with Gasteiger partial charge in [-0.05, 0) is 37.3 Å². The van der Waals surface area contributed by atoms with E-state index in [2.05, 4.69) is 10.1 Å². The van der Waals surface area contributed by atoms with Crippen molar-refractivity contribution in [1.82, 2.24) is 15.0 Å². The van der Waals surface area contributed by atoms with Crippen LogP contribution in [-0.2, 0) is 6.54 Å². The molecule has 1 aromatic heterocycles. The zero-order chi connectivity index (χ0) is 17.8. The van der Waals surface area contributed by atoms with E-state index in [1.807, 2.05) is 31.2 Å². The maximum absolute atomic E-state index is 12.5. The van der Waals surface area contributed by atoms with Gasteiger partial charge in [-0.15, -0.1) is 0 Å². The van der Waals surface area contributed by atoms with Crippen molar-refractivity contribution in [3.63, 3.8) is 0 Å². The van der Waals surface area contributed by atoms with Crippen LogP contribution in [0.25, 0.3) is 11.4 Å². The second-order valence-electron chi connectivity index (χ2n) is 5.77. The number of methoxy groups -OCH3 is 1. The largest absolute Gasteiger partial charge is 0.497 e. The van der Waals surface area contributed by atoms with Crippen LogP contribution in [0.3, 0.4) is 0 Å². The molecule has 25 heavy (non-hydrogen) atoms. The van der Waals surface area contributed by atoms with Gasteiger partial charge in [-0.2, -0.15) is 4.98 Å². The Balaban J connectivity index is 1.70. The molecule has 0 N–H and O–H groups in total. The third-order valence-electron chi connectivity index (χ3n) is 3.80. The Morgan fingerprint density at radius 1 is 1.20 bits per heavy atom. The number of hydrogen-bond donors (Lipinski definition) is 0. The molecule has 0 atom stereocenters. The minimum atomic E-state index is -0.127. The summed E-state index contributed by atoms with van der Waals surface area (Å²) in [5.41, 5.74) is 2.58. The van der Waals surface area contributed by atoms with Gasteiger partial charge in [-0.3, -0.25) is 4.79 Å². The van der Waals surface area contributed by atoms with Crippen LogP contribution in [0.15, 0.2) is 53.1 Å². The van der Waals surface area contributed by atoms with Gasteiger partial charge in [0, 0.05) is 18.2 Å². The molecule has 3 rings (SSSR count). The molecule has 0 spiro atoms. The molecule has 0 bridgehead atoms. The molecule has 0 aliphatic heterocycles. The number of carbonyl (C=O) groups is 1. The normalized spacial score (nSPS) is 10.5. The van der Waals surface area contributed by atoms with E-state index >= 15 is 0 Å². The van der Waals surface area contributed by atoms with E-state index in [1.165, 1.54) is 4.90 Å². The van der Waals surface area contributed by atoms with Crippen molar-refractivity contribution in [1.29, 1.82) is 0 Å². The highest BCUT2D eigenvalue weighted by Crippen LogP contribution is 2.18. The molecule has 0 saturated heterocycles. The molecule has 6 heteroatoms. The molecule has 2 aromatic carbocycles. The highest BCUT2D eigenvalue weighted by Gasteiger charge is 2.16. The first-order valence-corrected chi connectivity index (χ1v) is 7.86. The van der Waals surface area contributed by atoms with Crippen molar-refractivity contribution < 1.29 is 14.1 Å². The molecule has 0 aliphatic carbocycles. The number of nitrogens with zero attached hydrogens (tertiary/aromatic N) is 3. The van der Waals surface area contributed by atoms with E-state index in [9.17, 15) is 4.79 Å². The smallest absolute Gasteiger partial charge is 0.254 e. The summed E-state index contributed by atoms with van der Waals surface area (Å²) in [6.07, 6.45) is 0. The van der Waals surface area contributed by atoms with Crippen LogP contribution in [0.1, 0.15) is 21.8 Å². The van der Waals surface area contributed by atoms with E-state index in [-0.39, 0.29) is 12.5 Å². The summed E-state index contributed by atoms with van der Waals surface area (Å²) in [6, 6.07) is 14.8. The Bertz CT molecular complexity index is 872. The van der Waals surface area contributed by atoms with Gasteiger partial charge in [0.25, 0.3) is 5.91 Å². The van der Waals surface area contributed by atoms with Crippen molar-refractivity contribution in [3.8, 4) is 17.1 Å². The minimum Gasteiger partial charge on any atom is -0.497 e. The first-order chi connectivity index (χ1) is 12.1. The Labute approximate surface area is 146 Å². The maximum atomic E-state index is 12.5. The van der Waals surface area contributed by atoms with E-state index in [4.69, 9.17) is 9.26 Å². The Morgan fingerprint density at radius 2 is 1.96 bits per heavy atom. The predicted octanol–water partition coefficient (Wildman–Crippen LogP) is 3.33. The van der Waals surface area contributed by atoms with Crippen molar-refractivity contribution in [2.45, 2.75) is 13.5 Å². The Morgan fingerprint density at radius 3 is 2.64 bits per heavy atom. The molecule has 3 aromatic rings. The van der Waals surface area contributed by atoms with Crippen LogP contribution in [0.5, 0.6) is 5.75 Å². The van der Waals surface area contributed by atoms with Crippen LogP contribution in [0.2, 0.25) is 0 Å². The highest BCUT2D eigenvalue weighted by molar-refractivity contribution is 5.94. The van der Waals surface area contributed by atoms with Crippen LogP contribution in [-0.4, -0.2) is 35.1 Å². The first kappa shape index (κ1) is 16.7. The lowest BCUT2D eigenvalue weighted by molar-refractivity contribution is 0.0769. The third-order valence-corrected chi connectivity index (χ3v) is 3.80. The minimum absolute atomic E-state index is 0.127. The van der Waals surface area contributed by atoms with E-state index in [0.29, 0.717) is 23.0 Å². The summed E-state index contributed by atoms with van der Waals surface area (Å²) < 4.78 is 10.4. The van der Waals surface area contributed by atoms with Gasteiger partial charge in [0.2, 0.25) is 11.7 Å². The summed E-state index contributed by atoms with van der Waals surface area (Å²) >= 11 is 0. The van der Waals surface area contributed by atoms with Crippen molar-refractivity contribution in [2.24, 2.45) is 0 Å². The summed E-state index contributed by atoms with van der Waals surface area (Å²) in [6.45, 7) is 2.25. The standard InChI is InChI=1S/C19H19N3O3/c1-13-5-4-6-15(11-13)18-20-17(25-21-18)12-22(2)19(23)14-7-9-16(24-3)10-8-14/h4-11H,12H2,1-3H3. The second kappa shape index (κ2) is 7.17. The average molecular weight is 337 g/mol. The quantitative estimate of drug-likeness (QED) is 0.714. The number of hydrogen-bond acceptors (Lipinski definition) is 5. The fourth-order valence-electron chi connectivity index (χ4n) is 2.45.